The van der Waals surface area contributed by atoms with Crippen molar-refractivity contribution in [2.24, 2.45) is 0 Å². The third kappa shape index (κ3) is 9.93. The molecule has 2 saturated heterocycles. The van der Waals surface area contributed by atoms with Crippen molar-refractivity contribution >= 4 is 0 Å². The van der Waals surface area contributed by atoms with E-state index in [9.17, 15) is 0 Å². The van der Waals surface area contributed by atoms with Gasteiger partial charge in [-0.25, -0.2) is 0 Å². The van der Waals surface area contributed by atoms with Crippen LogP contribution in [0.1, 0.15) is 66.3 Å². The maximum Gasteiger partial charge on any atom is 0.198 e. The highest BCUT2D eigenvalue weighted by atomic mass is 16.8. The third-order valence-electron chi connectivity index (χ3n) is 10.7. The molecule has 2 fully saturated rings. The molecular formula is C48H54O6. The van der Waals surface area contributed by atoms with Crippen LogP contribution in [-0.4, -0.2) is 42.9 Å². The highest BCUT2D eigenvalue weighted by Crippen LogP contribution is 2.53. The Morgan fingerprint density at radius 2 is 1.00 bits per heavy atom. The van der Waals surface area contributed by atoms with E-state index < -0.39 is 29.7 Å². The Morgan fingerprint density at radius 1 is 0.519 bits per heavy atom. The van der Waals surface area contributed by atoms with Crippen LogP contribution in [0.5, 0.6) is 0 Å². The topological polar surface area (TPSA) is 55.4 Å². The van der Waals surface area contributed by atoms with Gasteiger partial charge in [-0.15, -0.1) is 0 Å². The van der Waals surface area contributed by atoms with Crippen molar-refractivity contribution in [2.75, 3.05) is 13.2 Å². The van der Waals surface area contributed by atoms with Gasteiger partial charge < -0.3 is 28.4 Å². The lowest BCUT2D eigenvalue weighted by molar-refractivity contribution is -0.336. The van der Waals surface area contributed by atoms with Crippen molar-refractivity contribution in [1.29, 1.82) is 0 Å². The molecule has 0 aromatic heterocycles. The number of rotatable bonds is 21. The van der Waals surface area contributed by atoms with Gasteiger partial charge in [-0.05, 0) is 47.1 Å². The molecule has 0 amide bonds. The molecule has 54 heavy (non-hydrogen) atoms. The van der Waals surface area contributed by atoms with E-state index >= 15 is 0 Å². The van der Waals surface area contributed by atoms with E-state index in [2.05, 4.69) is 78.9 Å². The fraction of sp³-hybridized carbons (Fsp3) is 0.375. The number of aryl methyl sites for hydroxylation is 1. The first-order valence-corrected chi connectivity index (χ1v) is 19.7. The molecule has 2 heterocycles. The van der Waals surface area contributed by atoms with Crippen LogP contribution in [0.4, 0.5) is 0 Å². The number of hydrogen-bond donors (Lipinski definition) is 0. The normalized spacial score (nSPS) is 22.6. The molecule has 2 bridgehead atoms. The van der Waals surface area contributed by atoms with Crippen molar-refractivity contribution in [3.05, 3.63) is 179 Å². The van der Waals surface area contributed by atoms with Gasteiger partial charge in [0.2, 0.25) is 0 Å². The second-order valence-electron chi connectivity index (χ2n) is 14.6. The molecule has 6 heteroatoms. The number of ether oxygens (including phenoxy) is 6. The van der Waals surface area contributed by atoms with Crippen LogP contribution in [0.15, 0.2) is 152 Å². The van der Waals surface area contributed by atoms with E-state index in [-0.39, 0.29) is 0 Å². The van der Waals surface area contributed by atoms with Crippen LogP contribution in [-0.2, 0) is 61.3 Å². The van der Waals surface area contributed by atoms with Gasteiger partial charge >= 0.3 is 0 Å². The van der Waals surface area contributed by atoms with Gasteiger partial charge in [0.25, 0.3) is 0 Å². The fourth-order valence-electron chi connectivity index (χ4n) is 7.91. The molecule has 0 unspecified atom stereocenters. The van der Waals surface area contributed by atoms with Crippen LogP contribution in [0, 0.1) is 0 Å². The Kier molecular flexibility index (Phi) is 13.7. The molecule has 2 aliphatic heterocycles. The van der Waals surface area contributed by atoms with Crippen LogP contribution < -0.4 is 0 Å². The fourth-order valence-corrected chi connectivity index (χ4v) is 7.91. The van der Waals surface area contributed by atoms with Crippen LogP contribution in [0.25, 0.3) is 0 Å². The second-order valence-corrected chi connectivity index (χ2v) is 14.6. The first kappa shape index (κ1) is 38.1. The Morgan fingerprint density at radius 3 is 1.57 bits per heavy atom. The van der Waals surface area contributed by atoms with E-state index in [1.165, 1.54) is 5.56 Å². The smallest absolute Gasteiger partial charge is 0.198 e. The van der Waals surface area contributed by atoms with Crippen molar-refractivity contribution < 1.29 is 28.4 Å². The quantitative estimate of drug-likeness (QED) is 0.0702. The molecule has 0 saturated carbocycles. The molecule has 2 aliphatic rings. The standard InChI is InChI=1S/C48H54O6/c1(8-20-39-21-9-3-10-22-39)2-19-31-48-46(52-37-43-29-17-7-18-30-43)45(51-36-42-27-15-6-16-28-42)47(54-48,32-33-53-48)44(50-35-41-25-13-5-14-26-41)38-49-34-40-23-11-4-12-24-40/h3-7,9-18,21-30,44-46H,1-2,8,19-20,31-38H2/t44-,45-,46-,47+,48+/m1/s1. The first-order chi connectivity index (χ1) is 26.7. The summed E-state index contributed by atoms with van der Waals surface area (Å²) >= 11 is 0. The van der Waals surface area contributed by atoms with Gasteiger partial charge in [0.1, 0.15) is 23.9 Å². The lowest BCUT2D eigenvalue weighted by atomic mass is 9.85. The maximum absolute atomic E-state index is 7.43. The Labute approximate surface area is 321 Å². The first-order valence-electron chi connectivity index (χ1n) is 19.7. The van der Waals surface area contributed by atoms with E-state index in [4.69, 9.17) is 28.4 Å². The number of unbranched alkanes of at least 4 members (excludes halogenated alkanes) is 3. The SMILES string of the molecule is c1ccc(CCCCCC[C@]23OCC[C@@]([C@@H](COCc4ccccc4)OCc4ccccc4)(O2)[C@H](OCc2ccccc2)[C@H]3OCc2ccccc2)cc1. The number of benzene rings is 5. The van der Waals surface area contributed by atoms with E-state index in [0.29, 0.717) is 52.5 Å². The number of fused-ring (bicyclic) bond motifs is 2. The minimum absolute atomic E-state index is 0.327. The van der Waals surface area contributed by atoms with Gasteiger partial charge in [0.05, 0.1) is 39.6 Å². The second kappa shape index (κ2) is 19.4. The zero-order valence-electron chi connectivity index (χ0n) is 31.3. The molecule has 5 aromatic carbocycles. The third-order valence-corrected chi connectivity index (χ3v) is 10.7. The molecule has 0 N–H and O–H groups in total. The summed E-state index contributed by atoms with van der Waals surface area (Å²) in [5.74, 6) is -0.998. The van der Waals surface area contributed by atoms with Gasteiger partial charge in [-0.1, -0.05) is 165 Å². The zero-order chi connectivity index (χ0) is 36.7. The van der Waals surface area contributed by atoms with Crippen molar-refractivity contribution in [2.45, 2.75) is 101 Å². The molecule has 6 nitrogen and oxygen atoms in total. The van der Waals surface area contributed by atoms with E-state index in [1.54, 1.807) is 0 Å². The maximum atomic E-state index is 7.43. The average Bonchev–Trinajstić information content (AvgIpc) is 3.41. The van der Waals surface area contributed by atoms with E-state index in [1.807, 2.05) is 72.8 Å². The molecule has 0 radical (unpaired) electrons. The summed E-state index contributed by atoms with van der Waals surface area (Å²) in [6.45, 7) is 2.55. The van der Waals surface area contributed by atoms with Crippen LogP contribution >= 0.6 is 0 Å². The molecule has 5 aromatic rings. The Hall–Kier alpha value is -4.14. The highest BCUT2D eigenvalue weighted by molar-refractivity contribution is 5.20. The lowest BCUT2D eigenvalue weighted by Crippen LogP contribution is -2.57. The number of hydrogen-bond acceptors (Lipinski definition) is 6. The molecule has 0 aliphatic carbocycles. The summed E-state index contributed by atoms with van der Waals surface area (Å²) in [4.78, 5) is 0. The van der Waals surface area contributed by atoms with Crippen LogP contribution in [0.2, 0.25) is 0 Å². The van der Waals surface area contributed by atoms with E-state index in [0.717, 1.165) is 54.4 Å². The minimum atomic E-state index is -0.998. The molecular weight excluding hydrogens is 673 g/mol. The van der Waals surface area contributed by atoms with Gasteiger partial charge in [-0.3, -0.25) is 0 Å². The van der Waals surface area contributed by atoms with Crippen molar-refractivity contribution in [3.63, 3.8) is 0 Å². The zero-order valence-corrected chi connectivity index (χ0v) is 31.3. The summed E-state index contributed by atoms with van der Waals surface area (Å²) in [5.41, 5.74) is 4.89. The molecule has 0 spiro atoms. The minimum Gasteiger partial charge on any atom is -0.374 e. The Bertz CT molecular complexity index is 1770. The summed E-state index contributed by atoms with van der Waals surface area (Å²) in [6.07, 6.45) is 5.23. The average molecular weight is 727 g/mol. The van der Waals surface area contributed by atoms with Gasteiger partial charge in [-0.2, -0.15) is 0 Å². The highest BCUT2D eigenvalue weighted by Gasteiger charge is 2.69. The largest absolute Gasteiger partial charge is 0.374 e. The van der Waals surface area contributed by atoms with Crippen molar-refractivity contribution in [3.8, 4) is 0 Å². The Balaban J connectivity index is 1.17. The summed E-state index contributed by atoms with van der Waals surface area (Å²) < 4.78 is 41.7. The van der Waals surface area contributed by atoms with Crippen LogP contribution in [0.3, 0.4) is 0 Å². The molecule has 5 atom stereocenters. The summed E-state index contributed by atoms with van der Waals surface area (Å²) in [5, 5.41) is 0. The predicted molar refractivity (Wildman–Crippen MR) is 212 cm³/mol. The predicted octanol–water partition coefficient (Wildman–Crippen LogP) is 10.0. The van der Waals surface area contributed by atoms with Gasteiger partial charge in [0.15, 0.2) is 5.79 Å². The summed E-state index contributed by atoms with van der Waals surface area (Å²) in [6, 6.07) is 52.0. The molecule has 282 valence electrons. The van der Waals surface area contributed by atoms with Crippen molar-refractivity contribution in [1.82, 2.24) is 0 Å². The molecule has 7 rings (SSSR count). The summed E-state index contributed by atoms with van der Waals surface area (Å²) in [7, 11) is 0. The van der Waals surface area contributed by atoms with Gasteiger partial charge in [0, 0.05) is 12.8 Å². The lowest BCUT2D eigenvalue weighted by Gasteiger charge is -2.44. The monoisotopic (exact) mass is 726 g/mol.